The molecular formula is C16H32N2O2. The Balaban J connectivity index is 1.93. The van der Waals surface area contributed by atoms with Crippen LogP contribution in [0.5, 0.6) is 0 Å². The van der Waals surface area contributed by atoms with Gasteiger partial charge in [0, 0.05) is 30.7 Å². The zero-order valence-corrected chi connectivity index (χ0v) is 13.8. The number of aliphatic hydroxyl groups excluding tert-OH is 1. The van der Waals surface area contributed by atoms with Crippen molar-refractivity contribution < 1.29 is 9.84 Å². The standard InChI is InChI=1S/C16H32N2O2/c1-12(8-16(5,11-19)17-14-6-7-14)18-9-13(2)20-15(3,4)10-18/h12-14,17,19H,6-11H2,1-5H3. The van der Waals surface area contributed by atoms with Crippen LogP contribution in [0.2, 0.25) is 0 Å². The van der Waals surface area contributed by atoms with Gasteiger partial charge in [0.15, 0.2) is 0 Å². The van der Waals surface area contributed by atoms with Crippen molar-refractivity contribution in [3.05, 3.63) is 0 Å². The Kier molecular flexibility index (Phi) is 4.80. The molecule has 3 atom stereocenters. The molecule has 3 unspecified atom stereocenters. The number of hydrogen-bond acceptors (Lipinski definition) is 4. The van der Waals surface area contributed by atoms with Gasteiger partial charge >= 0.3 is 0 Å². The van der Waals surface area contributed by atoms with Crippen molar-refractivity contribution in [3.8, 4) is 0 Å². The van der Waals surface area contributed by atoms with Gasteiger partial charge in [-0.25, -0.2) is 0 Å². The zero-order chi connectivity index (χ0) is 15.0. The molecule has 1 heterocycles. The lowest BCUT2D eigenvalue weighted by Gasteiger charge is -2.46. The molecule has 0 spiro atoms. The van der Waals surface area contributed by atoms with E-state index in [1.54, 1.807) is 0 Å². The van der Waals surface area contributed by atoms with Gasteiger partial charge in [0.25, 0.3) is 0 Å². The van der Waals surface area contributed by atoms with Gasteiger partial charge in [0.2, 0.25) is 0 Å². The molecule has 1 aliphatic heterocycles. The molecule has 2 rings (SSSR count). The van der Waals surface area contributed by atoms with E-state index in [4.69, 9.17) is 4.74 Å². The highest BCUT2D eigenvalue weighted by Gasteiger charge is 2.37. The highest BCUT2D eigenvalue weighted by Crippen LogP contribution is 2.28. The van der Waals surface area contributed by atoms with Crippen LogP contribution in [0.3, 0.4) is 0 Å². The molecule has 0 aromatic heterocycles. The fraction of sp³-hybridized carbons (Fsp3) is 1.00. The van der Waals surface area contributed by atoms with Crippen LogP contribution in [0.4, 0.5) is 0 Å². The number of nitrogens with one attached hydrogen (secondary N) is 1. The number of morpholine rings is 1. The van der Waals surface area contributed by atoms with Gasteiger partial charge in [-0.05, 0) is 53.9 Å². The van der Waals surface area contributed by atoms with E-state index in [1.165, 1.54) is 12.8 Å². The van der Waals surface area contributed by atoms with Crippen molar-refractivity contribution in [3.63, 3.8) is 0 Å². The molecule has 4 nitrogen and oxygen atoms in total. The molecule has 1 saturated carbocycles. The Morgan fingerprint density at radius 1 is 1.45 bits per heavy atom. The van der Waals surface area contributed by atoms with Crippen molar-refractivity contribution in [1.29, 1.82) is 0 Å². The van der Waals surface area contributed by atoms with E-state index < -0.39 is 0 Å². The third-order valence-electron chi connectivity index (χ3n) is 4.44. The van der Waals surface area contributed by atoms with E-state index >= 15 is 0 Å². The highest BCUT2D eigenvalue weighted by molar-refractivity contribution is 4.95. The molecule has 20 heavy (non-hydrogen) atoms. The summed E-state index contributed by atoms with van der Waals surface area (Å²) in [6, 6.07) is 1.07. The summed E-state index contributed by atoms with van der Waals surface area (Å²) in [5, 5.41) is 13.4. The third-order valence-corrected chi connectivity index (χ3v) is 4.44. The van der Waals surface area contributed by atoms with Gasteiger partial charge in [0.05, 0.1) is 18.3 Å². The Labute approximate surface area is 123 Å². The molecule has 2 N–H and O–H groups in total. The molecule has 4 heteroatoms. The summed E-state index contributed by atoms with van der Waals surface area (Å²) in [5.41, 5.74) is -0.238. The van der Waals surface area contributed by atoms with E-state index in [2.05, 4.69) is 44.8 Å². The van der Waals surface area contributed by atoms with Crippen molar-refractivity contribution in [2.45, 2.75) is 83.2 Å². The molecule has 0 radical (unpaired) electrons. The first-order valence-corrected chi connectivity index (χ1v) is 8.03. The van der Waals surface area contributed by atoms with Gasteiger partial charge in [0.1, 0.15) is 0 Å². The second-order valence-corrected chi connectivity index (χ2v) is 7.81. The molecular weight excluding hydrogens is 252 g/mol. The van der Waals surface area contributed by atoms with Crippen LogP contribution in [0.15, 0.2) is 0 Å². The Bertz CT molecular complexity index is 330. The normalized spacial score (nSPS) is 31.8. The number of ether oxygens (including phenoxy) is 1. The molecule has 2 aliphatic rings. The van der Waals surface area contributed by atoms with Gasteiger partial charge in [-0.1, -0.05) is 0 Å². The minimum atomic E-state index is -0.160. The second kappa shape index (κ2) is 5.91. The zero-order valence-electron chi connectivity index (χ0n) is 13.8. The van der Waals surface area contributed by atoms with Crippen LogP contribution in [-0.2, 0) is 4.74 Å². The Morgan fingerprint density at radius 2 is 2.10 bits per heavy atom. The number of nitrogens with zero attached hydrogens (tertiary/aromatic N) is 1. The second-order valence-electron chi connectivity index (χ2n) is 7.81. The molecule has 0 amide bonds. The molecule has 0 aromatic rings. The summed E-state index contributed by atoms with van der Waals surface area (Å²) >= 11 is 0. The van der Waals surface area contributed by atoms with E-state index in [0.29, 0.717) is 12.1 Å². The van der Waals surface area contributed by atoms with Crippen molar-refractivity contribution in [2.24, 2.45) is 0 Å². The first kappa shape index (κ1) is 16.2. The fourth-order valence-corrected chi connectivity index (χ4v) is 3.51. The van der Waals surface area contributed by atoms with Gasteiger partial charge in [-0.3, -0.25) is 4.90 Å². The molecule has 1 saturated heterocycles. The van der Waals surface area contributed by atoms with Gasteiger partial charge in [-0.2, -0.15) is 0 Å². The summed E-state index contributed by atoms with van der Waals surface area (Å²) in [6.45, 7) is 13.0. The van der Waals surface area contributed by atoms with Crippen molar-refractivity contribution in [2.75, 3.05) is 19.7 Å². The summed E-state index contributed by atoms with van der Waals surface area (Å²) in [5.74, 6) is 0. The van der Waals surface area contributed by atoms with Crippen LogP contribution in [0.25, 0.3) is 0 Å². The first-order chi connectivity index (χ1) is 9.23. The Morgan fingerprint density at radius 3 is 2.60 bits per heavy atom. The van der Waals surface area contributed by atoms with E-state index in [9.17, 15) is 5.11 Å². The number of hydrogen-bond donors (Lipinski definition) is 2. The summed E-state index contributed by atoms with van der Waals surface area (Å²) in [4.78, 5) is 2.51. The Hall–Kier alpha value is -0.160. The lowest BCUT2D eigenvalue weighted by atomic mass is 9.92. The van der Waals surface area contributed by atoms with Gasteiger partial charge in [-0.15, -0.1) is 0 Å². The lowest BCUT2D eigenvalue weighted by Crippen LogP contribution is -2.57. The third kappa shape index (κ3) is 4.42. The fourth-order valence-electron chi connectivity index (χ4n) is 3.51. The minimum Gasteiger partial charge on any atom is -0.394 e. The molecule has 2 fully saturated rings. The lowest BCUT2D eigenvalue weighted by molar-refractivity contribution is -0.138. The van der Waals surface area contributed by atoms with Crippen molar-refractivity contribution >= 4 is 0 Å². The average molecular weight is 284 g/mol. The van der Waals surface area contributed by atoms with E-state index in [1.807, 2.05) is 0 Å². The predicted octanol–water partition coefficient (Wildman–Crippen LogP) is 1.77. The first-order valence-electron chi connectivity index (χ1n) is 8.03. The van der Waals surface area contributed by atoms with Crippen molar-refractivity contribution in [1.82, 2.24) is 10.2 Å². The summed E-state index contributed by atoms with van der Waals surface area (Å²) in [6.07, 6.45) is 3.76. The molecule has 1 aliphatic carbocycles. The van der Waals surface area contributed by atoms with Crippen LogP contribution in [0, 0.1) is 0 Å². The minimum absolute atomic E-state index is 0.0779. The van der Waals surface area contributed by atoms with Crippen LogP contribution >= 0.6 is 0 Å². The summed E-state index contributed by atoms with van der Waals surface area (Å²) in [7, 11) is 0. The predicted molar refractivity (Wildman–Crippen MR) is 81.9 cm³/mol. The van der Waals surface area contributed by atoms with E-state index in [0.717, 1.165) is 19.5 Å². The number of rotatable bonds is 6. The van der Waals surface area contributed by atoms with Crippen LogP contribution in [0.1, 0.15) is 53.9 Å². The largest absolute Gasteiger partial charge is 0.394 e. The maximum atomic E-state index is 9.76. The molecule has 0 aromatic carbocycles. The monoisotopic (exact) mass is 284 g/mol. The maximum Gasteiger partial charge on any atom is 0.0757 e. The van der Waals surface area contributed by atoms with Crippen LogP contribution in [-0.4, -0.2) is 59.0 Å². The number of aliphatic hydroxyl groups is 1. The topological polar surface area (TPSA) is 44.7 Å². The average Bonchev–Trinajstić information content (AvgIpc) is 3.10. The maximum absolute atomic E-state index is 9.76. The SMILES string of the molecule is CC1CN(C(C)CC(C)(CO)NC2CC2)CC(C)(C)O1. The smallest absolute Gasteiger partial charge is 0.0757 e. The van der Waals surface area contributed by atoms with Crippen LogP contribution < -0.4 is 5.32 Å². The molecule has 118 valence electrons. The van der Waals surface area contributed by atoms with Gasteiger partial charge < -0.3 is 15.2 Å². The molecule has 0 bridgehead atoms. The quantitative estimate of drug-likeness (QED) is 0.780. The van der Waals surface area contributed by atoms with E-state index in [-0.39, 0.29) is 23.9 Å². The summed E-state index contributed by atoms with van der Waals surface area (Å²) < 4.78 is 5.98. The highest BCUT2D eigenvalue weighted by atomic mass is 16.5.